The van der Waals surface area contributed by atoms with Gasteiger partial charge in [-0.1, -0.05) is 12.1 Å². The van der Waals surface area contributed by atoms with Crippen LogP contribution in [-0.2, 0) is 6.54 Å². The van der Waals surface area contributed by atoms with Gasteiger partial charge in [0, 0.05) is 11.8 Å². The van der Waals surface area contributed by atoms with Gasteiger partial charge in [-0.2, -0.15) is 5.26 Å². The Balaban J connectivity index is 2.40. The molecular formula is C15H14N2O2. The molecule has 0 N–H and O–H groups in total. The molecule has 96 valence electrons. The van der Waals surface area contributed by atoms with Crippen molar-refractivity contribution in [2.24, 2.45) is 0 Å². The van der Waals surface area contributed by atoms with Gasteiger partial charge in [-0.3, -0.25) is 4.79 Å². The predicted molar refractivity (Wildman–Crippen MR) is 72.3 cm³/mol. The Kier molecular flexibility index (Phi) is 3.67. The van der Waals surface area contributed by atoms with Gasteiger partial charge in [-0.05, 0) is 30.7 Å². The topological polar surface area (TPSA) is 55.0 Å². The minimum Gasteiger partial charge on any atom is -0.495 e. The number of benzene rings is 1. The number of ether oxygens (including phenoxy) is 1. The minimum atomic E-state index is -0.0469. The molecule has 0 aliphatic heterocycles. The summed E-state index contributed by atoms with van der Waals surface area (Å²) >= 11 is 0. The summed E-state index contributed by atoms with van der Waals surface area (Å²) in [6, 6.07) is 12.6. The average Bonchev–Trinajstić information content (AvgIpc) is 2.42. The molecule has 4 heteroatoms. The number of pyridine rings is 1. The third-order valence-electron chi connectivity index (χ3n) is 2.99. The first-order valence-corrected chi connectivity index (χ1v) is 5.89. The number of methoxy groups -OCH3 is 1. The van der Waals surface area contributed by atoms with E-state index in [1.54, 1.807) is 22.8 Å². The van der Waals surface area contributed by atoms with E-state index in [0.29, 0.717) is 17.9 Å². The van der Waals surface area contributed by atoms with Crippen molar-refractivity contribution in [2.75, 3.05) is 7.11 Å². The molecular weight excluding hydrogens is 240 g/mol. The maximum absolute atomic E-state index is 11.8. The van der Waals surface area contributed by atoms with Gasteiger partial charge in [0.1, 0.15) is 11.8 Å². The van der Waals surface area contributed by atoms with Crippen LogP contribution < -0.4 is 10.3 Å². The van der Waals surface area contributed by atoms with E-state index in [1.807, 2.05) is 19.1 Å². The molecule has 4 nitrogen and oxygen atoms in total. The van der Waals surface area contributed by atoms with E-state index in [0.717, 1.165) is 11.3 Å². The Hall–Kier alpha value is -2.54. The van der Waals surface area contributed by atoms with Crippen LogP contribution >= 0.6 is 0 Å². The first kappa shape index (κ1) is 12.9. The SMILES string of the molecule is COc1ccc(Cn2c(C)cccc2=O)cc1C#N. The molecule has 19 heavy (non-hydrogen) atoms. The predicted octanol–water partition coefficient (Wildman–Crippen LogP) is 2.09. The Morgan fingerprint density at radius 1 is 1.32 bits per heavy atom. The second-order valence-electron chi connectivity index (χ2n) is 4.24. The standard InChI is InChI=1S/C15H14N2O2/c1-11-4-3-5-15(18)17(11)10-12-6-7-14(19-2)13(8-12)9-16/h3-8H,10H2,1-2H3. The monoisotopic (exact) mass is 254 g/mol. The van der Waals surface area contributed by atoms with E-state index in [9.17, 15) is 4.79 Å². The van der Waals surface area contributed by atoms with Crippen molar-refractivity contribution >= 4 is 0 Å². The smallest absolute Gasteiger partial charge is 0.251 e. The van der Waals surface area contributed by atoms with Gasteiger partial charge >= 0.3 is 0 Å². The Morgan fingerprint density at radius 3 is 2.74 bits per heavy atom. The summed E-state index contributed by atoms with van der Waals surface area (Å²) in [6.07, 6.45) is 0. The summed E-state index contributed by atoms with van der Waals surface area (Å²) in [4.78, 5) is 11.8. The number of aromatic nitrogens is 1. The molecule has 0 bridgehead atoms. The van der Waals surface area contributed by atoms with Crippen molar-refractivity contribution in [1.82, 2.24) is 4.57 Å². The third-order valence-corrected chi connectivity index (χ3v) is 2.99. The van der Waals surface area contributed by atoms with E-state index in [1.165, 1.54) is 13.2 Å². The molecule has 0 aliphatic carbocycles. The number of rotatable bonds is 3. The number of nitriles is 1. The molecule has 0 aliphatic rings. The molecule has 0 fully saturated rings. The number of hydrogen-bond donors (Lipinski definition) is 0. The van der Waals surface area contributed by atoms with Crippen LogP contribution in [0.3, 0.4) is 0 Å². The van der Waals surface area contributed by atoms with Gasteiger partial charge in [0.2, 0.25) is 0 Å². The molecule has 0 spiro atoms. The lowest BCUT2D eigenvalue weighted by Crippen LogP contribution is -2.21. The van der Waals surface area contributed by atoms with Crippen molar-refractivity contribution in [3.8, 4) is 11.8 Å². The molecule has 0 amide bonds. The zero-order valence-electron chi connectivity index (χ0n) is 10.9. The number of aryl methyl sites for hydroxylation is 1. The van der Waals surface area contributed by atoms with Gasteiger partial charge in [-0.15, -0.1) is 0 Å². The normalized spacial score (nSPS) is 9.95. The summed E-state index contributed by atoms with van der Waals surface area (Å²) in [5.41, 5.74) is 2.21. The Morgan fingerprint density at radius 2 is 2.11 bits per heavy atom. The largest absolute Gasteiger partial charge is 0.495 e. The molecule has 2 rings (SSSR count). The van der Waals surface area contributed by atoms with Crippen molar-refractivity contribution < 1.29 is 4.74 Å². The average molecular weight is 254 g/mol. The molecule has 1 aromatic carbocycles. The molecule has 0 radical (unpaired) electrons. The Labute approximate surface area is 111 Å². The number of nitrogens with zero attached hydrogens (tertiary/aromatic N) is 2. The van der Waals surface area contributed by atoms with Crippen LogP contribution in [0, 0.1) is 18.3 Å². The number of hydrogen-bond acceptors (Lipinski definition) is 3. The fraction of sp³-hybridized carbons (Fsp3) is 0.200. The van der Waals surface area contributed by atoms with Crippen molar-refractivity contribution in [3.05, 3.63) is 63.6 Å². The van der Waals surface area contributed by atoms with Crippen LogP contribution in [0.1, 0.15) is 16.8 Å². The lowest BCUT2D eigenvalue weighted by Gasteiger charge is -2.10. The highest BCUT2D eigenvalue weighted by atomic mass is 16.5. The molecule has 1 heterocycles. The lowest BCUT2D eigenvalue weighted by molar-refractivity contribution is 0.413. The van der Waals surface area contributed by atoms with Crippen LogP contribution in [0.25, 0.3) is 0 Å². The first-order chi connectivity index (χ1) is 9.15. The van der Waals surface area contributed by atoms with E-state index < -0.39 is 0 Å². The van der Waals surface area contributed by atoms with Gasteiger partial charge in [-0.25, -0.2) is 0 Å². The van der Waals surface area contributed by atoms with Gasteiger partial charge in [0.25, 0.3) is 5.56 Å². The summed E-state index contributed by atoms with van der Waals surface area (Å²) < 4.78 is 6.77. The molecule has 0 saturated carbocycles. The second kappa shape index (κ2) is 5.40. The highest BCUT2D eigenvalue weighted by Crippen LogP contribution is 2.19. The van der Waals surface area contributed by atoms with E-state index >= 15 is 0 Å². The molecule has 0 unspecified atom stereocenters. The molecule has 1 aromatic heterocycles. The fourth-order valence-corrected chi connectivity index (χ4v) is 1.95. The second-order valence-corrected chi connectivity index (χ2v) is 4.24. The summed E-state index contributed by atoms with van der Waals surface area (Å²) in [5, 5.41) is 9.05. The van der Waals surface area contributed by atoms with Gasteiger partial charge in [0.05, 0.1) is 19.2 Å². The van der Waals surface area contributed by atoms with Gasteiger partial charge < -0.3 is 9.30 Å². The van der Waals surface area contributed by atoms with E-state index in [4.69, 9.17) is 10.00 Å². The lowest BCUT2D eigenvalue weighted by atomic mass is 10.1. The zero-order valence-corrected chi connectivity index (χ0v) is 10.9. The maximum atomic E-state index is 11.8. The zero-order chi connectivity index (χ0) is 13.8. The first-order valence-electron chi connectivity index (χ1n) is 5.89. The quantitative estimate of drug-likeness (QED) is 0.842. The van der Waals surface area contributed by atoms with Crippen LogP contribution in [0.15, 0.2) is 41.2 Å². The minimum absolute atomic E-state index is 0.0469. The van der Waals surface area contributed by atoms with Crippen LogP contribution in [0.4, 0.5) is 0 Å². The van der Waals surface area contributed by atoms with Crippen molar-refractivity contribution in [3.63, 3.8) is 0 Å². The van der Waals surface area contributed by atoms with Crippen LogP contribution in [0.5, 0.6) is 5.75 Å². The summed E-state index contributed by atoms with van der Waals surface area (Å²) in [7, 11) is 1.53. The van der Waals surface area contributed by atoms with Crippen molar-refractivity contribution in [2.45, 2.75) is 13.5 Å². The summed E-state index contributed by atoms with van der Waals surface area (Å²) in [5.74, 6) is 0.545. The van der Waals surface area contributed by atoms with E-state index in [-0.39, 0.29) is 5.56 Å². The molecule has 0 saturated heterocycles. The van der Waals surface area contributed by atoms with Crippen LogP contribution in [-0.4, -0.2) is 11.7 Å². The van der Waals surface area contributed by atoms with Crippen molar-refractivity contribution in [1.29, 1.82) is 5.26 Å². The van der Waals surface area contributed by atoms with Gasteiger partial charge in [0.15, 0.2) is 0 Å². The maximum Gasteiger partial charge on any atom is 0.251 e. The Bertz CT molecular complexity index is 696. The van der Waals surface area contributed by atoms with Crippen LogP contribution in [0.2, 0.25) is 0 Å². The third kappa shape index (κ3) is 2.66. The molecule has 0 atom stereocenters. The fourth-order valence-electron chi connectivity index (χ4n) is 1.95. The highest BCUT2D eigenvalue weighted by Gasteiger charge is 2.06. The highest BCUT2D eigenvalue weighted by molar-refractivity contribution is 5.45. The van der Waals surface area contributed by atoms with E-state index in [2.05, 4.69) is 6.07 Å². The summed E-state index contributed by atoms with van der Waals surface area (Å²) in [6.45, 7) is 2.33. The molecule has 2 aromatic rings.